The van der Waals surface area contributed by atoms with Crippen LogP contribution in [0.25, 0.3) is 0 Å². The van der Waals surface area contributed by atoms with E-state index in [4.69, 9.17) is 0 Å². The Labute approximate surface area is 141 Å². The maximum atomic E-state index is 12.8. The van der Waals surface area contributed by atoms with Crippen LogP contribution in [0, 0.1) is 0 Å². The van der Waals surface area contributed by atoms with E-state index in [2.05, 4.69) is 0 Å². The summed E-state index contributed by atoms with van der Waals surface area (Å²) in [6.45, 7) is 7.59. The highest BCUT2D eigenvalue weighted by Crippen LogP contribution is 2.25. The molecule has 3 amide bonds. The number of hydrogen-bond donors (Lipinski definition) is 0. The highest BCUT2D eigenvalue weighted by Gasteiger charge is 2.38. The van der Waals surface area contributed by atoms with Crippen molar-refractivity contribution in [2.75, 3.05) is 37.8 Å². The van der Waals surface area contributed by atoms with Gasteiger partial charge in [-0.15, -0.1) is 11.8 Å². The molecule has 0 aromatic carbocycles. The van der Waals surface area contributed by atoms with Crippen molar-refractivity contribution in [1.82, 2.24) is 14.7 Å². The predicted octanol–water partition coefficient (Wildman–Crippen LogP) is 0.935. The number of hydrogen-bond acceptors (Lipinski definition) is 4. The first-order valence-corrected chi connectivity index (χ1v) is 9.21. The topological polar surface area (TPSA) is 60.9 Å². The van der Waals surface area contributed by atoms with Crippen molar-refractivity contribution in [3.05, 3.63) is 11.6 Å². The molecule has 0 unspecified atom stereocenters. The number of carbonyl (C=O) groups is 3. The molecule has 23 heavy (non-hydrogen) atoms. The Morgan fingerprint density at radius 2 is 1.70 bits per heavy atom. The third kappa shape index (κ3) is 4.07. The van der Waals surface area contributed by atoms with Crippen molar-refractivity contribution in [3.63, 3.8) is 0 Å². The summed E-state index contributed by atoms with van der Waals surface area (Å²) < 4.78 is 0. The lowest BCUT2D eigenvalue weighted by Gasteiger charge is -2.36. The van der Waals surface area contributed by atoms with E-state index in [1.54, 1.807) is 33.4 Å². The van der Waals surface area contributed by atoms with Gasteiger partial charge in [-0.05, 0) is 13.3 Å². The second-order valence-electron chi connectivity index (χ2n) is 5.92. The quantitative estimate of drug-likeness (QED) is 0.718. The monoisotopic (exact) mass is 339 g/mol. The number of piperazine rings is 1. The first-order chi connectivity index (χ1) is 11.0. The minimum absolute atomic E-state index is 0.0100. The van der Waals surface area contributed by atoms with Crippen LogP contribution in [0.3, 0.4) is 0 Å². The minimum Gasteiger partial charge on any atom is -0.339 e. The van der Waals surface area contributed by atoms with Gasteiger partial charge < -0.3 is 14.7 Å². The number of allylic oxidation sites excluding steroid dienone is 1. The van der Waals surface area contributed by atoms with Gasteiger partial charge in [-0.3, -0.25) is 14.4 Å². The lowest BCUT2D eigenvalue weighted by atomic mass is 10.1. The smallest absolute Gasteiger partial charge is 0.250 e. The molecular weight excluding hydrogens is 314 g/mol. The number of carbonyl (C=O) groups excluding carboxylic acids is 3. The molecule has 0 spiro atoms. The molecule has 0 saturated carbocycles. The maximum Gasteiger partial charge on any atom is 0.250 e. The van der Waals surface area contributed by atoms with Crippen LogP contribution >= 0.6 is 11.8 Å². The first-order valence-electron chi connectivity index (χ1n) is 8.05. The second-order valence-corrected chi connectivity index (χ2v) is 6.92. The maximum absolute atomic E-state index is 12.8. The van der Waals surface area contributed by atoms with E-state index in [1.807, 2.05) is 19.9 Å². The van der Waals surface area contributed by atoms with Crippen LogP contribution < -0.4 is 0 Å². The summed E-state index contributed by atoms with van der Waals surface area (Å²) >= 11 is 1.62. The number of nitrogens with zero attached hydrogens (tertiary/aromatic N) is 3. The van der Waals surface area contributed by atoms with Crippen molar-refractivity contribution in [1.29, 1.82) is 0 Å². The van der Waals surface area contributed by atoms with Gasteiger partial charge in [0.15, 0.2) is 0 Å². The summed E-state index contributed by atoms with van der Waals surface area (Å²) in [4.78, 5) is 41.9. The van der Waals surface area contributed by atoms with E-state index in [0.29, 0.717) is 43.4 Å². The highest BCUT2D eigenvalue weighted by molar-refractivity contribution is 7.99. The fraction of sp³-hybridized carbons (Fsp3) is 0.688. The molecular formula is C16H25N3O3S. The number of amides is 3. The fourth-order valence-corrected chi connectivity index (χ4v) is 4.06. The summed E-state index contributed by atoms with van der Waals surface area (Å²) in [6, 6.07) is -0.378. The van der Waals surface area contributed by atoms with Gasteiger partial charge in [0.05, 0.1) is 5.88 Å². The molecule has 0 aromatic rings. The molecule has 7 heteroatoms. The van der Waals surface area contributed by atoms with Crippen molar-refractivity contribution < 1.29 is 14.4 Å². The summed E-state index contributed by atoms with van der Waals surface area (Å²) in [7, 11) is 0. The third-order valence-corrected chi connectivity index (χ3v) is 5.32. The first kappa shape index (κ1) is 17.8. The average Bonchev–Trinajstić information content (AvgIpc) is 3.03. The Morgan fingerprint density at radius 1 is 1.09 bits per heavy atom. The van der Waals surface area contributed by atoms with Crippen molar-refractivity contribution in [3.8, 4) is 0 Å². The van der Waals surface area contributed by atoms with Gasteiger partial charge in [0.2, 0.25) is 11.8 Å². The van der Waals surface area contributed by atoms with Crippen LogP contribution in [-0.4, -0.2) is 76.3 Å². The number of thioether (sulfide) groups is 1. The summed E-state index contributed by atoms with van der Waals surface area (Å²) in [5, 5.41) is 0. The Kier molecular flexibility index (Phi) is 6.10. The largest absolute Gasteiger partial charge is 0.339 e. The van der Waals surface area contributed by atoms with Crippen molar-refractivity contribution in [2.24, 2.45) is 0 Å². The summed E-state index contributed by atoms with van der Waals surface area (Å²) in [5.74, 6) is 1.23. The Bertz CT molecular complexity index is 513. The van der Waals surface area contributed by atoms with Crippen LogP contribution in [0.4, 0.5) is 0 Å². The van der Waals surface area contributed by atoms with Gasteiger partial charge in [-0.1, -0.05) is 13.0 Å². The molecule has 6 nitrogen and oxygen atoms in total. The molecule has 2 rings (SSSR count). The van der Waals surface area contributed by atoms with Gasteiger partial charge in [0.1, 0.15) is 6.04 Å². The van der Waals surface area contributed by atoms with E-state index >= 15 is 0 Å². The molecule has 2 fully saturated rings. The van der Waals surface area contributed by atoms with Crippen LogP contribution in [-0.2, 0) is 14.4 Å². The third-order valence-electron chi connectivity index (χ3n) is 4.31. The lowest BCUT2D eigenvalue weighted by molar-refractivity contribution is -0.144. The Morgan fingerprint density at radius 3 is 2.26 bits per heavy atom. The fourth-order valence-electron chi connectivity index (χ4n) is 2.92. The van der Waals surface area contributed by atoms with Gasteiger partial charge in [0.25, 0.3) is 5.91 Å². The molecule has 2 heterocycles. The van der Waals surface area contributed by atoms with E-state index < -0.39 is 0 Å². The Balaban J connectivity index is 2.00. The predicted molar refractivity (Wildman–Crippen MR) is 90.8 cm³/mol. The summed E-state index contributed by atoms with van der Waals surface area (Å²) in [5.41, 5.74) is 0.703. The van der Waals surface area contributed by atoms with Crippen LogP contribution in [0.5, 0.6) is 0 Å². The zero-order valence-electron chi connectivity index (χ0n) is 14.1. The van der Waals surface area contributed by atoms with Crippen LogP contribution in [0.2, 0.25) is 0 Å². The average molecular weight is 339 g/mol. The normalized spacial score (nSPS) is 22.5. The molecule has 2 aliphatic heterocycles. The molecule has 0 bridgehead atoms. The lowest BCUT2D eigenvalue weighted by Crippen LogP contribution is -2.55. The molecule has 0 aromatic heterocycles. The number of rotatable bonds is 3. The molecule has 2 saturated heterocycles. The zero-order valence-corrected chi connectivity index (χ0v) is 14.9. The molecule has 0 aliphatic carbocycles. The Hall–Kier alpha value is -1.50. The molecule has 128 valence electrons. The van der Waals surface area contributed by atoms with Gasteiger partial charge >= 0.3 is 0 Å². The molecule has 2 aliphatic rings. The van der Waals surface area contributed by atoms with Crippen LogP contribution in [0.15, 0.2) is 11.6 Å². The standard InChI is InChI=1S/C16H25N3O3S/c1-4-5-12(2)15(21)19-11-23-10-14(19)16(22)18-8-6-17(7-9-18)13(3)20/h5,14H,4,6-11H2,1-3H3/b12-5+/t14-/m1/s1. The molecule has 1 atom stereocenters. The van der Waals surface area contributed by atoms with E-state index in [-0.39, 0.29) is 23.8 Å². The van der Waals surface area contributed by atoms with Crippen molar-refractivity contribution >= 4 is 29.5 Å². The van der Waals surface area contributed by atoms with E-state index in [1.165, 1.54) is 0 Å². The minimum atomic E-state index is -0.378. The van der Waals surface area contributed by atoms with E-state index in [9.17, 15) is 14.4 Å². The SMILES string of the molecule is CC/C=C(\C)C(=O)N1CSC[C@@H]1C(=O)N1CCN(C(C)=O)CC1. The summed E-state index contributed by atoms with van der Waals surface area (Å²) in [6.07, 6.45) is 2.71. The zero-order chi connectivity index (χ0) is 17.0. The molecule has 0 radical (unpaired) electrons. The highest BCUT2D eigenvalue weighted by atomic mass is 32.2. The molecule has 0 N–H and O–H groups in total. The van der Waals surface area contributed by atoms with Crippen molar-refractivity contribution in [2.45, 2.75) is 33.2 Å². The van der Waals surface area contributed by atoms with Gasteiger partial charge in [0, 0.05) is 44.4 Å². The van der Waals surface area contributed by atoms with Gasteiger partial charge in [-0.2, -0.15) is 0 Å². The van der Waals surface area contributed by atoms with Crippen LogP contribution in [0.1, 0.15) is 27.2 Å². The van der Waals surface area contributed by atoms with Gasteiger partial charge in [-0.25, -0.2) is 0 Å². The second kappa shape index (κ2) is 7.86. The van der Waals surface area contributed by atoms with E-state index in [0.717, 1.165) is 6.42 Å².